The van der Waals surface area contributed by atoms with Crippen LogP contribution in [0.2, 0.25) is 0 Å². The summed E-state index contributed by atoms with van der Waals surface area (Å²) in [6.45, 7) is 4.15. The van der Waals surface area contributed by atoms with E-state index in [2.05, 4.69) is 10.3 Å². The Hall–Kier alpha value is -2.36. The lowest BCUT2D eigenvalue weighted by Gasteiger charge is -2.11. The quantitative estimate of drug-likeness (QED) is 0.853. The fraction of sp³-hybridized carbons (Fsp3) is 0.200. The number of nitrogens with zero attached hydrogens (tertiary/aromatic N) is 1. The molecule has 2 aromatic rings. The van der Waals surface area contributed by atoms with E-state index in [1.54, 1.807) is 31.5 Å². The minimum atomic E-state index is -0.309. The van der Waals surface area contributed by atoms with E-state index in [0.717, 1.165) is 16.9 Å². The molecular formula is C15H16N2O2. The molecule has 1 aromatic heterocycles. The summed E-state index contributed by atoms with van der Waals surface area (Å²) in [7, 11) is 0. The first-order valence-electron chi connectivity index (χ1n) is 6.15. The Labute approximate surface area is 112 Å². The fourth-order valence-corrected chi connectivity index (χ4v) is 1.69. The minimum absolute atomic E-state index is 0.309. The smallest absolute Gasteiger partial charge is 0.338 e. The molecule has 4 heteroatoms. The number of carbonyl (C=O) groups excluding carboxylic acids is 1. The normalized spacial score (nSPS) is 10.0. The molecule has 0 saturated carbocycles. The first-order chi connectivity index (χ1) is 9.20. The van der Waals surface area contributed by atoms with Gasteiger partial charge in [0.25, 0.3) is 0 Å². The highest BCUT2D eigenvalue weighted by Gasteiger charge is 2.08. The van der Waals surface area contributed by atoms with Gasteiger partial charge >= 0.3 is 5.97 Å². The molecule has 19 heavy (non-hydrogen) atoms. The van der Waals surface area contributed by atoms with Gasteiger partial charge in [-0.2, -0.15) is 0 Å². The molecule has 0 aliphatic carbocycles. The number of rotatable bonds is 4. The summed E-state index contributed by atoms with van der Waals surface area (Å²) >= 11 is 0. The zero-order chi connectivity index (χ0) is 13.7. The van der Waals surface area contributed by atoms with Gasteiger partial charge in [-0.3, -0.25) is 4.98 Å². The van der Waals surface area contributed by atoms with Crippen LogP contribution in [0.5, 0.6) is 0 Å². The number of benzene rings is 1. The van der Waals surface area contributed by atoms with E-state index in [0.29, 0.717) is 12.2 Å². The van der Waals surface area contributed by atoms with Crippen LogP contribution in [0.3, 0.4) is 0 Å². The molecule has 1 aromatic carbocycles. The number of aromatic nitrogens is 1. The van der Waals surface area contributed by atoms with Crippen molar-refractivity contribution in [2.75, 3.05) is 11.9 Å². The van der Waals surface area contributed by atoms with Crippen molar-refractivity contribution in [3.8, 4) is 0 Å². The van der Waals surface area contributed by atoms with Crippen molar-refractivity contribution in [2.24, 2.45) is 0 Å². The van der Waals surface area contributed by atoms with Crippen LogP contribution in [0.15, 0.2) is 42.7 Å². The first-order valence-corrected chi connectivity index (χ1v) is 6.15. The van der Waals surface area contributed by atoms with Gasteiger partial charge in [0.15, 0.2) is 0 Å². The van der Waals surface area contributed by atoms with Gasteiger partial charge in [-0.15, -0.1) is 0 Å². The van der Waals surface area contributed by atoms with Gasteiger partial charge in [0.2, 0.25) is 0 Å². The van der Waals surface area contributed by atoms with Crippen molar-refractivity contribution in [2.45, 2.75) is 13.8 Å². The van der Waals surface area contributed by atoms with E-state index in [4.69, 9.17) is 4.74 Å². The third kappa shape index (κ3) is 3.31. The van der Waals surface area contributed by atoms with Gasteiger partial charge in [0.05, 0.1) is 24.1 Å². The van der Waals surface area contributed by atoms with E-state index < -0.39 is 0 Å². The highest BCUT2D eigenvalue weighted by Crippen LogP contribution is 2.21. The second kappa shape index (κ2) is 6.00. The summed E-state index contributed by atoms with van der Waals surface area (Å²) in [5, 5.41) is 3.24. The summed E-state index contributed by atoms with van der Waals surface area (Å²) in [4.78, 5) is 15.7. The van der Waals surface area contributed by atoms with Crippen molar-refractivity contribution in [1.29, 1.82) is 0 Å². The Balaban J connectivity index is 2.25. The molecule has 0 fully saturated rings. The Bertz CT molecular complexity index is 568. The average molecular weight is 256 g/mol. The Kier molecular flexibility index (Phi) is 4.13. The molecular weight excluding hydrogens is 240 g/mol. The maximum Gasteiger partial charge on any atom is 0.338 e. The van der Waals surface area contributed by atoms with Crippen LogP contribution < -0.4 is 5.32 Å². The van der Waals surface area contributed by atoms with Crippen LogP contribution in [-0.2, 0) is 4.74 Å². The lowest BCUT2D eigenvalue weighted by atomic mass is 10.1. The highest BCUT2D eigenvalue weighted by atomic mass is 16.5. The number of nitrogens with one attached hydrogen (secondary N) is 1. The predicted octanol–water partition coefficient (Wildman–Crippen LogP) is 3.31. The molecule has 98 valence electrons. The number of carbonyl (C=O) groups is 1. The standard InChI is InChI=1S/C15H16N2O2/c1-3-19-15(18)12-7-6-11(2)14(9-12)17-13-5-4-8-16-10-13/h4-10,17H,3H2,1-2H3. The molecule has 0 amide bonds. The second-order valence-electron chi connectivity index (χ2n) is 4.12. The molecule has 0 atom stereocenters. The first kappa shape index (κ1) is 13.1. The molecule has 1 heterocycles. The van der Waals surface area contributed by atoms with Gasteiger partial charge in [0.1, 0.15) is 0 Å². The second-order valence-corrected chi connectivity index (χ2v) is 4.12. The largest absolute Gasteiger partial charge is 0.462 e. The zero-order valence-corrected chi connectivity index (χ0v) is 11.0. The van der Waals surface area contributed by atoms with E-state index in [1.165, 1.54) is 0 Å². The number of hydrogen-bond acceptors (Lipinski definition) is 4. The summed E-state index contributed by atoms with van der Waals surface area (Å²) in [5.41, 5.74) is 3.35. The zero-order valence-electron chi connectivity index (χ0n) is 11.0. The van der Waals surface area contributed by atoms with Crippen LogP contribution in [0.25, 0.3) is 0 Å². The molecule has 0 saturated heterocycles. The van der Waals surface area contributed by atoms with Crippen molar-refractivity contribution >= 4 is 17.3 Å². The van der Waals surface area contributed by atoms with Crippen LogP contribution >= 0.6 is 0 Å². The van der Waals surface area contributed by atoms with Gasteiger partial charge in [-0.05, 0) is 43.7 Å². The van der Waals surface area contributed by atoms with E-state index >= 15 is 0 Å². The molecule has 0 radical (unpaired) electrons. The van der Waals surface area contributed by atoms with Gasteiger partial charge in [-0.1, -0.05) is 6.07 Å². The predicted molar refractivity (Wildman–Crippen MR) is 74.7 cm³/mol. The number of pyridine rings is 1. The molecule has 0 bridgehead atoms. The summed E-state index contributed by atoms with van der Waals surface area (Å²) in [6.07, 6.45) is 3.45. The number of ether oxygens (including phenoxy) is 1. The number of anilines is 2. The summed E-state index contributed by atoms with van der Waals surface area (Å²) in [5.74, 6) is -0.309. The Morgan fingerprint density at radius 2 is 2.21 bits per heavy atom. The van der Waals surface area contributed by atoms with Crippen LogP contribution in [0.4, 0.5) is 11.4 Å². The van der Waals surface area contributed by atoms with E-state index in [-0.39, 0.29) is 5.97 Å². The summed E-state index contributed by atoms with van der Waals surface area (Å²) in [6, 6.07) is 9.23. The minimum Gasteiger partial charge on any atom is -0.462 e. The maximum absolute atomic E-state index is 11.7. The third-order valence-electron chi connectivity index (χ3n) is 2.69. The van der Waals surface area contributed by atoms with E-state index in [9.17, 15) is 4.79 Å². The van der Waals surface area contributed by atoms with Gasteiger partial charge in [-0.25, -0.2) is 4.79 Å². The van der Waals surface area contributed by atoms with Crippen molar-refractivity contribution < 1.29 is 9.53 Å². The summed E-state index contributed by atoms with van der Waals surface area (Å²) < 4.78 is 4.99. The maximum atomic E-state index is 11.7. The molecule has 4 nitrogen and oxygen atoms in total. The van der Waals surface area contributed by atoms with Crippen molar-refractivity contribution in [3.63, 3.8) is 0 Å². The molecule has 0 spiro atoms. The third-order valence-corrected chi connectivity index (χ3v) is 2.69. The fourth-order valence-electron chi connectivity index (χ4n) is 1.69. The van der Waals surface area contributed by atoms with Crippen LogP contribution in [-0.4, -0.2) is 17.6 Å². The Morgan fingerprint density at radius 1 is 1.37 bits per heavy atom. The van der Waals surface area contributed by atoms with Crippen molar-refractivity contribution in [1.82, 2.24) is 4.98 Å². The SMILES string of the molecule is CCOC(=O)c1ccc(C)c(Nc2cccnc2)c1. The van der Waals surface area contributed by atoms with Crippen molar-refractivity contribution in [3.05, 3.63) is 53.9 Å². The molecule has 1 N–H and O–H groups in total. The van der Waals surface area contributed by atoms with Crippen LogP contribution in [0.1, 0.15) is 22.8 Å². The van der Waals surface area contributed by atoms with Gasteiger partial charge < -0.3 is 10.1 Å². The molecule has 0 aliphatic rings. The number of aryl methyl sites for hydroxylation is 1. The monoisotopic (exact) mass is 256 g/mol. The molecule has 0 aliphatic heterocycles. The topological polar surface area (TPSA) is 51.2 Å². The lowest BCUT2D eigenvalue weighted by Crippen LogP contribution is -2.05. The highest BCUT2D eigenvalue weighted by molar-refractivity contribution is 5.91. The Morgan fingerprint density at radius 3 is 2.89 bits per heavy atom. The average Bonchev–Trinajstić information content (AvgIpc) is 2.42. The number of esters is 1. The van der Waals surface area contributed by atoms with E-state index in [1.807, 2.05) is 25.1 Å². The lowest BCUT2D eigenvalue weighted by molar-refractivity contribution is 0.0526. The number of hydrogen-bond donors (Lipinski definition) is 1. The van der Waals surface area contributed by atoms with Crippen LogP contribution in [0, 0.1) is 6.92 Å². The van der Waals surface area contributed by atoms with Gasteiger partial charge in [0, 0.05) is 11.9 Å². The molecule has 2 rings (SSSR count). The molecule has 0 unspecified atom stereocenters.